The summed E-state index contributed by atoms with van der Waals surface area (Å²) in [7, 11) is -2.01. The van der Waals surface area contributed by atoms with Crippen LogP contribution in [0.15, 0.2) is 5.51 Å². The van der Waals surface area contributed by atoms with E-state index in [1.807, 2.05) is 0 Å². The van der Waals surface area contributed by atoms with Crippen LogP contribution in [0.3, 0.4) is 0 Å². The van der Waals surface area contributed by atoms with Crippen molar-refractivity contribution in [2.75, 3.05) is 33.2 Å². The van der Waals surface area contributed by atoms with Crippen molar-refractivity contribution in [1.29, 1.82) is 0 Å². The monoisotopic (exact) mass is 330 g/mol. The molecule has 0 aromatic carbocycles. The molecule has 0 bridgehead atoms. The van der Waals surface area contributed by atoms with Crippen molar-refractivity contribution >= 4 is 27.5 Å². The number of nitrogens with one attached hydrogen (secondary N) is 1. The number of carbonyl (C=O) groups is 1. The van der Waals surface area contributed by atoms with Crippen molar-refractivity contribution in [2.45, 2.75) is 18.8 Å². The molecule has 2 fully saturated rings. The Morgan fingerprint density at radius 2 is 2.00 bits per heavy atom. The fraction of sp³-hybridized carbons (Fsp3) is 0.667. The highest BCUT2D eigenvalue weighted by molar-refractivity contribution is 7.87. The van der Waals surface area contributed by atoms with Crippen LogP contribution in [0, 0.1) is 0 Å². The maximum absolute atomic E-state index is 12.6. The Morgan fingerprint density at radius 1 is 1.33 bits per heavy atom. The number of hydrogen-bond donors (Lipinski definition) is 1. The molecule has 1 aliphatic carbocycles. The minimum atomic E-state index is -3.40. The number of hydrogen-bond acceptors (Lipinski definition) is 5. The second-order valence-electron chi connectivity index (χ2n) is 5.24. The van der Waals surface area contributed by atoms with Crippen LogP contribution in [0.5, 0.6) is 0 Å². The van der Waals surface area contributed by atoms with E-state index in [-0.39, 0.29) is 5.91 Å². The van der Waals surface area contributed by atoms with Gasteiger partial charge in [-0.05, 0) is 12.8 Å². The van der Waals surface area contributed by atoms with E-state index in [1.54, 1.807) is 10.4 Å². The van der Waals surface area contributed by atoms with E-state index in [0.29, 0.717) is 32.1 Å². The van der Waals surface area contributed by atoms with E-state index in [4.69, 9.17) is 0 Å². The van der Waals surface area contributed by atoms with Crippen LogP contribution >= 0.6 is 11.3 Å². The lowest BCUT2D eigenvalue weighted by molar-refractivity contribution is 0.0701. The van der Waals surface area contributed by atoms with E-state index in [0.717, 1.165) is 23.4 Å². The Kier molecular flexibility index (Phi) is 4.00. The zero-order chi connectivity index (χ0) is 15.0. The second kappa shape index (κ2) is 5.64. The summed E-state index contributed by atoms with van der Waals surface area (Å²) in [5.41, 5.74) is 2.65. The molecule has 0 unspecified atom stereocenters. The van der Waals surface area contributed by atoms with Gasteiger partial charge in [0.05, 0.1) is 11.2 Å². The van der Waals surface area contributed by atoms with Crippen molar-refractivity contribution < 1.29 is 13.2 Å². The van der Waals surface area contributed by atoms with Gasteiger partial charge in [-0.3, -0.25) is 4.79 Å². The number of amides is 1. The first-order valence-electron chi connectivity index (χ1n) is 6.94. The van der Waals surface area contributed by atoms with Gasteiger partial charge in [0.1, 0.15) is 4.88 Å². The first-order chi connectivity index (χ1) is 10.0. The number of nitrogens with zero attached hydrogens (tertiary/aromatic N) is 3. The fourth-order valence-electron chi connectivity index (χ4n) is 2.47. The smallest absolute Gasteiger partial charge is 0.279 e. The summed E-state index contributed by atoms with van der Waals surface area (Å²) in [5.74, 6) is 0.432. The zero-order valence-corrected chi connectivity index (χ0v) is 13.4. The molecule has 9 heteroatoms. The highest BCUT2D eigenvalue weighted by Crippen LogP contribution is 2.42. The molecule has 1 aromatic heterocycles. The summed E-state index contributed by atoms with van der Waals surface area (Å²) in [5, 5.41) is 0. The topological polar surface area (TPSA) is 82.6 Å². The molecule has 2 heterocycles. The molecule has 116 valence electrons. The molecule has 0 atom stereocenters. The van der Waals surface area contributed by atoms with Gasteiger partial charge in [-0.25, -0.2) is 9.71 Å². The summed E-state index contributed by atoms with van der Waals surface area (Å²) in [4.78, 5) is 19.3. The molecule has 21 heavy (non-hydrogen) atoms. The minimum absolute atomic E-state index is 0.0131. The van der Waals surface area contributed by atoms with Crippen LogP contribution in [-0.4, -0.2) is 61.7 Å². The van der Waals surface area contributed by atoms with Crippen LogP contribution in [0.1, 0.15) is 34.1 Å². The second-order valence-corrected chi connectivity index (χ2v) is 7.97. The number of aromatic nitrogens is 1. The lowest BCUT2D eigenvalue weighted by atomic mass is 10.2. The minimum Gasteiger partial charge on any atom is -0.335 e. The summed E-state index contributed by atoms with van der Waals surface area (Å²) >= 11 is 1.38. The van der Waals surface area contributed by atoms with E-state index in [2.05, 4.69) is 9.71 Å². The molecule has 1 saturated heterocycles. The SMILES string of the molecule is CNS(=O)(=O)N1CCN(C(=O)c2scnc2C2CC2)CC1. The van der Waals surface area contributed by atoms with Gasteiger partial charge in [-0.15, -0.1) is 11.3 Å². The largest absolute Gasteiger partial charge is 0.335 e. The van der Waals surface area contributed by atoms with Crippen LogP contribution in [0.4, 0.5) is 0 Å². The van der Waals surface area contributed by atoms with Crippen LogP contribution in [-0.2, 0) is 10.2 Å². The normalized spacial score (nSPS) is 20.7. The summed E-state index contributed by atoms with van der Waals surface area (Å²) in [6.45, 7) is 1.49. The average molecular weight is 330 g/mol. The van der Waals surface area contributed by atoms with Gasteiger partial charge in [-0.1, -0.05) is 0 Å². The van der Waals surface area contributed by atoms with Gasteiger partial charge in [0, 0.05) is 39.1 Å². The molecule has 1 N–H and O–H groups in total. The molecule has 1 amide bonds. The van der Waals surface area contributed by atoms with Gasteiger partial charge in [0.15, 0.2) is 0 Å². The van der Waals surface area contributed by atoms with E-state index >= 15 is 0 Å². The zero-order valence-electron chi connectivity index (χ0n) is 11.8. The van der Waals surface area contributed by atoms with E-state index in [9.17, 15) is 13.2 Å². The quantitative estimate of drug-likeness (QED) is 0.857. The van der Waals surface area contributed by atoms with Crippen molar-refractivity contribution in [3.8, 4) is 0 Å². The Labute approximate surface area is 128 Å². The van der Waals surface area contributed by atoms with Crippen molar-refractivity contribution in [1.82, 2.24) is 18.9 Å². The lowest BCUT2D eigenvalue weighted by Gasteiger charge is -2.33. The molecule has 0 radical (unpaired) electrons. The van der Waals surface area contributed by atoms with E-state index in [1.165, 1.54) is 22.7 Å². The third-order valence-corrected chi connectivity index (χ3v) is 6.27. The maximum atomic E-state index is 12.6. The Hall–Kier alpha value is -1.03. The molecule has 2 aliphatic rings. The highest BCUT2D eigenvalue weighted by atomic mass is 32.2. The first kappa shape index (κ1) is 14.9. The number of piperazine rings is 1. The molecular formula is C12H18N4O3S2. The van der Waals surface area contributed by atoms with E-state index < -0.39 is 10.2 Å². The Balaban J connectivity index is 1.66. The highest BCUT2D eigenvalue weighted by Gasteiger charge is 2.34. The number of carbonyl (C=O) groups excluding carboxylic acids is 1. The molecule has 1 aliphatic heterocycles. The molecule has 3 rings (SSSR count). The molecule has 1 saturated carbocycles. The lowest BCUT2D eigenvalue weighted by Crippen LogP contribution is -2.52. The fourth-order valence-corrected chi connectivity index (χ4v) is 4.21. The Bertz CT molecular complexity index is 631. The van der Waals surface area contributed by atoms with Crippen molar-refractivity contribution in [3.63, 3.8) is 0 Å². The summed E-state index contributed by atoms with van der Waals surface area (Å²) in [6, 6.07) is 0. The Morgan fingerprint density at radius 3 is 2.57 bits per heavy atom. The van der Waals surface area contributed by atoms with Gasteiger partial charge >= 0.3 is 0 Å². The van der Waals surface area contributed by atoms with Crippen molar-refractivity contribution in [2.24, 2.45) is 0 Å². The van der Waals surface area contributed by atoms with Crippen LogP contribution in [0.2, 0.25) is 0 Å². The molecule has 0 spiro atoms. The predicted octanol–water partition coefficient (Wildman–Crippen LogP) is 0.242. The third kappa shape index (κ3) is 2.96. The van der Waals surface area contributed by atoms with Gasteiger partial charge < -0.3 is 4.90 Å². The summed E-state index contributed by atoms with van der Waals surface area (Å²) < 4.78 is 27.1. The molecular weight excluding hydrogens is 312 g/mol. The standard InChI is InChI=1S/C12H18N4O3S2/c1-13-21(18,19)16-6-4-15(5-7-16)12(17)11-10(9-2-3-9)14-8-20-11/h8-9,13H,2-7H2,1H3. The van der Waals surface area contributed by atoms with Gasteiger partial charge in [-0.2, -0.15) is 12.7 Å². The third-order valence-electron chi connectivity index (χ3n) is 3.88. The summed E-state index contributed by atoms with van der Waals surface area (Å²) in [6.07, 6.45) is 2.22. The van der Waals surface area contributed by atoms with Crippen LogP contribution < -0.4 is 4.72 Å². The average Bonchev–Trinajstić information content (AvgIpc) is 3.24. The molecule has 7 nitrogen and oxygen atoms in total. The molecule has 1 aromatic rings. The van der Waals surface area contributed by atoms with Gasteiger partial charge in [0.25, 0.3) is 16.1 Å². The number of thiazole rings is 1. The number of rotatable bonds is 4. The first-order valence-corrected chi connectivity index (χ1v) is 9.26. The predicted molar refractivity (Wildman–Crippen MR) is 79.5 cm³/mol. The van der Waals surface area contributed by atoms with Crippen LogP contribution in [0.25, 0.3) is 0 Å². The van der Waals surface area contributed by atoms with Crippen molar-refractivity contribution in [3.05, 3.63) is 16.1 Å². The maximum Gasteiger partial charge on any atom is 0.279 e. The van der Waals surface area contributed by atoms with Gasteiger partial charge in [0.2, 0.25) is 0 Å².